The molecule has 0 fully saturated rings. The number of phenols is 1. The summed E-state index contributed by atoms with van der Waals surface area (Å²) in [6, 6.07) is 17.5. The summed E-state index contributed by atoms with van der Waals surface area (Å²) < 4.78 is 0. The molecule has 0 aliphatic rings. The molecule has 2 aromatic rings. The van der Waals surface area contributed by atoms with E-state index in [2.05, 4.69) is 22.3 Å². The topological polar surface area (TPSA) is 55.8 Å². The molecule has 26 heavy (non-hydrogen) atoms. The fourth-order valence-corrected chi connectivity index (χ4v) is 2.72. The molecule has 0 aliphatic carbocycles. The van der Waals surface area contributed by atoms with Gasteiger partial charge in [-0.1, -0.05) is 42.5 Å². The first-order valence-electron chi connectivity index (χ1n) is 8.93. The normalized spacial score (nSPS) is 12.0. The maximum absolute atomic E-state index is 12.4. The summed E-state index contributed by atoms with van der Waals surface area (Å²) in [7, 11) is 5.84. The maximum Gasteiger partial charge on any atom is 0.317 e. The minimum absolute atomic E-state index is 0.0570. The van der Waals surface area contributed by atoms with Crippen LogP contribution in [0.3, 0.4) is 0 Å². The Morgan fingerprint density at radius 2 is 1.65 bits per heavy atom. The van der Waals surface area contributed by atoms with Gasteiger partial charge in [-0.05, 0) is 50.2 Å². The van der Waals surface area contributed by atoms with E-state index >= 15 is 0 Å². The molecule has 2 rings (SSSR count). The van der Waals surface area contributed by atoms with E-state index in [9.17, 15) is 9.90 Å². The molecule has 0 radical (unpaired) electrons. The third-order valence-corrected chi connectivity index (χ3v) is 4.55. The second-order valence-corrected chi connectivity index (χ2v) is 6.83. The van der Waals surface area contributed by atoms with Gasteiger partial charge in [-0.15, -0.1) is 0 Å². The summed E-state index contributed by atoms with van der Waals surface area (Å²) in [4.78, 5) is 16.2. The average molecular weight is 355 g/mol. The van der Waals surface area contributed by atoms with Gasteiger partial charge in [-0.25, -0.2) is 4.79 Å². The lowest BCUT2D eigenvalue weighted by Crippen LogP contribution is -2.46. The summed E-state index contributed by atoms with van der Waals surface area (Å²) in [5.74, 6) is 0.267. The molecule has 0 saturated carbocycles. The van der Waals surface area contributed by atoms with Gasteiger partial charge in [-0.3, -0.25) is 0 Å². The molecule has 0 bridgehead atoms. The second-order valence-electron chi connectivity index (χ2n) is 6.83. The third kappa shape index (κ3) is 6.41. The molecule has 0 unspecified atom stereocenters. The van der Waals surface area contributed by atoms with Gasteiger partial charge in [0.2, 0.25) is 0 Å². The van der Waals surface area contributed by atoms with E-state index in [4.69, 9.17) is 0 Å². The first kappa shape index (κ1) is 19.8. The van der Waals surface area contributed by atoms with Crippen LogP contribution in [0.4, 0.5) is 4.79 Å². The molecule has 0 aliphatic heterocycles. The zero-order chi connectivity index (χ0) is 18.9. The fraction of sp³-hybridized carbons (Fsp3) is 0.381. The number of carbonyl (C=O) groups is 1. The van der Waals surface area contributed by atoms with E-state index in [0.717, 1.165) is 18.4 Å². The van der Waals surface area contributed by atoms with Crippen molar-refractivity contribution < 1.29 is 9.90 Å². The molecule has 0 saturated heterocycles. The maximum atomic E-state index is 12.4. The number of rotatable bonds is 8. The Morgan fingerprint density at radius 3 is 2.27 bits per heavy atom. The van der Waals surface area contributed by atoms with Crippen LogP contribution in [-0.4, -0.2) is 61.2 Å². The molecule has 5 heteroatoms. The second kappa shape index (κ2) is 9.82. The van der Waals surface area contributed by atoms with Crippen LogP contribution in [-0.2, 0) is 12.8 Å². The van der Waals surface area contributed by atoms with Crippen LogP contribution in [0.1, 0.15) is 11.1 Å². The highest BCUT2D eigenvalue weighted by atomic mass is 16.3. The van der Waals surface area contributed by atoms with Gasteiger partial charge in [0.25, 0.3) is 0 Å². The Morgan fingerprint density at radius 1 is 1.00 bits per heavy atom. The standard InChI is InChI=1S/C21H29N3O2/c1-23(2)19(15-18-9-11-20(25)12-10-18)16-22-21(26)24(3)14-13-17-7-5-4-6-8-17/h4-12,19,25H,13-16H2,1-3H3,(H,22,26)/t19-/m0/s1. The van der Waals surface area contributed by atoms with Crippen molar-refractivity contribution in [2.75, 3.05) is 34.2 Å². The highest BCUT2D eigenvalue weighted by Gasteiger charge is 2.15. The monoisotopic (exact) mass is 355 g/mol. The Labute approximate surface area is 156 Å². The highest BCUT2D eigenvalue weighted by molar-refractivity contribution is 5.73. The molecule has 140 valence electrons. The zero-order valence-electron chi connectivity index (χ0n) is 15.9. The third-order valence-electron chi connectivity index (χ3n) is 4.55. The molecule has 5 nitrogen and oxygen atoms in total. The average Bonchev–Trinajstić information content (AvgIpc) is 2.65. The number of likely N-dealkylation sites (N-methyl/N-ethyl adjacent to an activating group) is 2. The van der Waals surface area contributed by atoms with Gasteiger partial charge in [-0.2, -0.15) is 0 Å². The number of nitrogens with one attached hydrogen (secondary N) is 1. The van der Waals surface area contributed by atoms with Crippen molar-refractivity contribution in [1.29, 1.82) is 0 Å². The van der Waals surface area contributed by atoms with Gasteiger partial charge in [0.05, 0.1) is 0 Å². The summed E-state index contributed by atoms with van der Waals surface area (Å²) in [5, 5.41) is 12.4. The molecule has 2 N–H and O–H groups in total. The molecular formula is C21H29N3O2. The smallest absolute Gasteiger partial charge is 0.317 e. The lowest BCUT2D eigenvalue weighted by molar-refractivity contribution is 0.202. The molecule has 0 aromatic heterocycles. The van der Waals surface area contributed by atoms with E-state index in [1.165, 1.54) is 5.56 Å². The van der Waals surface area contributed by atoms with Crippen molar-refractivity contribution in [3.63, 3.8) is 0 Å². The number of nitrogens with zero attached hydrogens (tertiary/aromatic N) is 2. The van der Waals surface area contributed by atoms with Crippen LogP contribution in [0.15, 0.2) is 54.6 Å². The van der Waals surface area contributed by atoms with E-state index in [0.29, 0.717) is 13.1 Å². The van der Waals surface area contributed by atoms with Crippen LogP contribution >= 0.6 is 0 Å². The minimum Gasteiger partial charge on any atom is -0.508 e. The van der Waals surface area contributed by atoms with Crippen molar-refractivity contribution in [3.8, 4) is 5.75 Å². The van der Waals surface area contributed by atoms with Crippen LogP contribution in [0.5, 0.6) is 5.75 Å². The van der Waals surface area contributed by atoms with Crippen molar-refractivity contribution in [2.24, 2.45) is 0 Å². The molecule has 2 aromatic carbocycles. The quantitative estimate of drug-likeness (QED) is 0.766. The summed E-state index contributed by atoms with van der Waals surface area (Å²) in [6.45, 7) is 1.25. The van der Waals surface area contributed by atoms with Crippen LogP contribution in [0.2, 0.25) is 0 Å². The Hall–Kier alpha value is -2.53. The summed E-state index contributed by atoms with van der Waals surface area (Å²) in [6.07, 6.45) is 1.65. The van der Waals surface area contributed by atoms with Crippen LogP contribution < -0.4 is 5.32 Å². The number of hydrogen-bond donors (Lipinski definition) is 2. The number of carbonyl (C=O) groups excluding carboxylic acids is 1. The van der Waals surface area contributed by atoms with Gasteiger partial charge in [0.15, 0.2) is 0 Å². The Kier molecular flexibility index (Phi) is 7.48. The first-order valence-corrected chi connectivity index (χ1v) is 8.93. The van der Waals surface area contributed by atoms with E-state index in [1.54, 1.807) is 17.0 Å². The number of urea groups is 1. The van der Waals surface area contributed by atoms with E-state index in [1.807, 2.05) is 51.5 Å². The highest BCUT2D eigenvalue weighted by Crippen LogP contribution is 2.12. The van der Waals surface area contributed by atoms with Gasteiger partial charge in [0.1, 0.15) is 5.75 Å². The Balaban J connectivity index is 1.81. The minimum atomic E-state index is -0.0570. The fourth-order valence-electron chi connectivity index (χ4n) is 2.72. The zero-order valence-corrected chi connectivity index (χ0v) is 15.9. The molecule has 0 heterocycles. The predicted molar refractivity (Wildman–Crippen MR) is 105 cm³/mol. The van der Waals surface area contributed by atoms with Crippen molar-refractivity contribution in [2.45, 2.75) is 18.9 Å². The van der Waals surface area contributed by atoms with Gasteiger partial charge in [0, 0.05) is 26.2 Å². The number of amides is 2. The molecule has 2 amide bonds. The molecule has 1 atom stereocenters. The molecule has 0 spiro atoms. The lowest BCUT2D eigenvalue weighted by atomic mass is 10.0. The Bertz CT molecular complexity index is 671. The van der Waals surface area contributed by atoms with Crippen LogP contribution in [0, 0.1) is 0 Å². The lowest BCUT2D eigenvalue weighted by Gasteiger charge is -2.26. The molecular weight excluding hydrogens is 326 g/mol. The predicted octanol–water partition coefficient (Wildman–Crippen LogP) is 2.75. The van der Waals surface area contributed by atoms with Crippen LogP contribution in [0.25, 0.3) is 0 Å². The first-order chi connectivity index (χ1) is 12.5. The SMILES string of the molecule is CN(CCc1ccccc1)C(=O)NC[C@H](Cc1ccc(O)cc1)N(C)C. The number of phenolic OH excluding ortho intramolecular Hbond substituents is 1. The largest absolute Gasteiger partial charge is 0.508 e. The van der Waals surface area contributed by atoms with Crippen molar-refractivity contribution in [3.05, 3.63) is 65.7 Å². The van der Waals surface area contributed by atoms with Gasteiger partial charge >= 0.3 is 6.03 Å². The van der Waals surface area contributed by atoms with Crippen molar-refractivity contribution in [1.82, 2.24) is 15.1 Å². The van der Waals surface area contributed by atoms with Gasteiger partial charge < -0.3 is 20.2 Å². The number of hydrogen-bond acceptors (Lipinski definition) is 3. The summed E-state index contributed by atoms with van der Waals surface area (Å²) >= 11 is 0. The number of benzene rings is 2. The van der Waals surface area contributed by atoms with E-state index in [-0.39, 0.29) is 17.8 Å². The summed E-state index contributed by atoms with van der Waals surface area (Å²) in [5.41, 5.74) is 2.36. The number of aromatic hydroxyl groups is 1. The van der Waals surface area contributed by atoms with Crippen molar-refractivity contribution >= 4 is 6.03 Å². The van der Waals surface area contributed by atoms with E-state index < -0.39 is 0 Å².